The number of hydrogen-bond acceptors (Lipinski definition) is 4. The molecule has 0 amide bonds. The van der Waals surface area contributed by atoms with E-state index >= 15 is 0 Å². The van der Waals surface area contributed by atoms with Gasteiger partial charge < -0.3 is 14.9 Å². The Bertz CT molecular complexity index is 394. The molecule has 2 rings (SSSR count). The highest BCUT2D eigenvalue weighted by atomic mass is 16.5. The number of aliphatic hydroxyl groups excluding tert-OH is 1. The van der Waals surface area contributed by atoms with Crippen molar-refractivity contribution in [3.8, 4) is 0 Å². The summed E-state index contributed by atoms with van der Waals surface area (Å²) in [4.78, 5) is 23.7. The van der Waals surface area contributed by atoms with E-state index in [0.717, 1.165) is 6.42 Å². The summed E-state index contributed by atoms with van der Waals surface area (Å²) in [5.41, 5.74) is 0. The van der Waals surface area contributed by atoms with E-state index in [9.17, 15) is 19.8 Å². The summed E-state index contributed by atoms with van der Waals surface area (Å²) in [6.07, 6.45) is 0.645. The van der Waals surface area contributed by atoms with Crippen molar-refractivity contribution in [2.75, 3.05) is 6.61 Å². The Hall–Kier alpha value is -1.10. The molecule has 20 heavy (non-hydrogen) atoms. The molecular formula is C15H24O5. The molecule has 2 aliphatic carbocycles. The van der Waals surface area contributed by atoms with Gasteiger partial charge in [-0.05, 0) is 36.5 Å². The van der Waals surface area contributed by atoms with Crippen LogP contribution in [0.3, 0.4) is 0 Å². The van der Waals surface area contributed by atoms with Gasteiger partial charge in [0.05, 0.1) is 17.9 Å². The average Bonchev–Trinajstić information content (AvgIpc) is 2.93. The SMILES string of the molecule is CCC(O)COC(=O)C1C2CC(C(C)C2C)C1C(=O)O. The molecule has 2 aliphatic rings. The van der Waals surface area contributed by atoms with Crippen molar-refractivity contribution in [3.63, 3.8) is 0 Å². The van der Waals surface area contributed by atoms with Crippen molar-refractivity contribution in [1.29, 1.82) is 0 Å². The van der Waals surface area contributed by atoms with Crippen molar-refractivity contribution in [2.24, 2.45) is 35.5 Å². The van der Waals surface area contributed by atoms with E-state index in [1.165, 1.54) is 0 Å². The van der Waals surface area contributed by atoms with Crippen LogP contribution in [0.15, 0.2) is 0 Å². The molecule has 2 N–H and O–H groups in total. The molecule has 0 aromatic heterocycles. The van der Waals surface area contributed by atoms with E-state index in [0.29, 0.717) is 18.3 Å². The van der Waals surface area contributed by atoms with Gasteiger partial charge in [-0.3, -0.25) is 9.59 Å². The molecule has 5 nitrogen and oxygen atoms in total. The number of carboxylic acid groups (broad SMARTS) is 1. The molecule has 0 aromatic carbocycles. The van der Waals surface area contributed by atoms with Gasteiger partial charge in [0.25, 0.3) is 0 Å². The highest BCUT2D eigenvalue weighted by Gasteiger charge is 2.60. The quantitative estimate of drug-likeness (QED) is 0.748. The number of hydrogen-bond donors (Lipinski definition) is 2. The highest BCUT2D eigenvalue weighted by Crippen LogP contribution is 2.58. The van der Waals surface area contributed by atoms with E-state index in [-0.39, 0.29) is 18.4 Å². The highest BCUT2D eigenvalue weighted by molar-refractivity contribution is 5.83. The van der Waals surface area contributed by atoms with Crippen LogP contribution in [0.25, 0.3) is 0 Å². The van der Waals surface area contributed by atoms with E-state index in [4.69, 9.17) is 4.74 Å². The molecule has 7 atom stereocenters. The lowest BCUT2D eigenvalue weighted by molar-refractivity contribution is -0.164. The fourth-order valence-electron chi connectivity index (χ4n) is 4.05. The minimum atomic E-state index is -0.894. The molecule has 2 fully saturated rings. The molecule has 0 saturated heterocycles. The minimum absolute atomic E-state index is 0.0422. The zero-order valence-corrected chi connectivity index (χ0v) is 12.3. The summed E-state index contributed by atoms with van der Waals surface area (Å²) in [6, 6.07) is 0. The Morgan fingerprint density at radius 1 is 1.20 bits per heavy atom. The molecule has 0 spiro atoms. The fraction of sp³-hybridized carbons (Fsp3) is 0.867. The van der Waals surface area contributed by atoms with Crippen LogP contribution in [0.4, 0.5) is 0 Å². The third-order valence-electron chi connectivity index (χ3n) is 5.48. The van der Waals surface area contributed by atoms with Crippen LogP contribution in [0.1, 0.15) is 33.6 Å². The zero-order valence-electron chi connectivity index (χ0n) is 12.3. The monoisotopic (exact) mass is 284 g/mol. The largest absolute Gasteiger partial charge is 0.481 e. The van der Waals surface area contributed by atoms with E-state index in [1.807, 2.05) is 0 Å². The molecule has 5 heteroatoms. The molecule has 2 bridgehead atoms. The first-order chi connectivity index (χ1) is 9.38. The summed E-state index contributed by atoms with van der Waals surface area (Å²) in [5, 5.41) is 18.9. The Labute approximate surface area is 119 Å². The second-order valence-corrected chi connectivity index (χ2v) is 6.36. The van der Waals surface area contributed by atoms with Crippen molar-refractivity contribution in [1.82, 2.24) is 0 Å². The number of ether oxygens (including phenoxy) is 1. The number of carbonyl (C=O) groups is 2. The molecule has 2 saturated carbocycles. The van der Waals surface area contributed by atoms with Crippen molar-refractivity contribution in [2.45, 2.75) is 39.7 Å². The Kier molecular flexibility index (Phi) is 4.37. The molecule has 0 aromatic rings. The number of fused-ring (bicyclic) bond motifs is 2. The maximum atomic E-state index is 12.2. The van der Waals surface area contributed by atoms with Gasteiger partial charge in [-0.2, -0.15) is 0 Å². The first-order valence-electron chi connectivity index (χ1n) is 7.46. The van der Waals surface area contributed by atoms with Gasteiger partial charge in [0.1, 0.15) is 6.61 Å². The topological polar surface area (TPSA) is 83.8 Å². The number of carbonyl (C=O) groups excluding carboxylic acids is 1. The van der Waals surface area contributed by atoms with Gasteiger partial charge in [-0.15, -0.1) is 0 Å². The van der Waals surface area contributed by atoms with Gasteiger partial charge >= 0.3 is 11.9 Å². The van der Waals surface area contributed by atoms with Crippen molar-refractivity contribution >= 4 is 11.9 Å². The number of aliphatic hydroxyl groups is 1. The Morgan fingerprint density at radius 2 is 1.75 bits per heavy atom. The van der Waals surface area contributed by atoms with Crippen LogP contribution in [-0.4, -0.2) is 34.9 Å². The van der Waals surface area contributed by atoms with Gasteiger partial charge in [0.2, 0.25) is 0 Å². The first kappa shape index (κ1) is 15.3. The zero-order chi connectivity index (χ0) is 15.0. The summed E-state index contributed by atoms with van der Waals surface area (Å²) in [5.74, 6) is -1.66. The number of rotatable bonds is 5. The lowest BCUT2D eigenvalue weighted by Gasteiger charge is -2.35. The normalized spacial score (nSPS) is 40.6. The summed E-state index contributed by atoms with van der Waals surface area (Å²) < 4.78 is 5.14. The maximum Gasteiger partial charge on any atom is 0.310 e. The second kappa shape index (κ2) is 5.72. The van der Waals surface area contributed by atoms with Crippen LogP contribution in [0.5, 0.6) is 0 Å². The standard InChI is InChI=1S/C15H24O5/c1-4-9(16)6-20-15(19)13-11-5-10(7(2)8(11)3)12(13)14(17)18/h7-13,16H,4-6H2,1-3H3,(H,17,18). The molecule has 114 valence electrons. The Balaban J connectivity index is 2.09. The van der Waals surface area contributed by atoms with Gasteiger partial charge in [0.15, 0.2) is 0 Å². The van der Waals surface area contributed by atoms with Crippen LogP contribution >= 0.6 is 0 Å². The van der Waals surface area contributed by atoms with Crippen molar-refractivity contribution in [3.05, 3.63) is 0 Å². The van der Waals surface area contributed by atoms with Gasteiger partial charge in [-0.25, -0.2) is 0 Å². The maximum absolute atomic E-state index is 12.2. The predicted molar refractivity (Wildman–Crippen MR) is 71.8 cm³/mol. The van der Waals surface area contributed by atoms with Crippen LogP contribution in [0.2, 0.25) is 0 Å². The van der Waals surface area contributed by atoms with Crippen LogP contribution in [-0.2, 0) is 14.3 Å². The van der Waals surface area contributed by atoms with Crippen LogP contribution < -0.4 is 0 Å². The molecule has 0 radical (unpaired) electrons. The van der Waals surface area contributed by atoms with E-state index < -0.39 is 29.9 Å². The first-order valence-corrected chi connectivity index (χ1v) is 7.46. The van der Waals surface area contributed by atoms with E-state index in [2.05, 4.69) is 13.8 Å². The van der Waals surface area contributed by atoms with Crippen LogP contribution in [0, 0.1) is 35.5 Å². The third kappa shape index (κ3) is 2.43. The minimum Gasteiger partial charge on any atom is -0.481 e. The molecular weight excluding hydrogens is 260 g/mol. The third-order valence-corrected chi connectivity index (χ3v) is 5.48. The molecule has 7 unspecified atom stereocenters. The number of carboxylic acids is 1. The average molecular weight is 284 g/mol. The van der Waals surface area contributed by atoms with Gasteiger partial charge in [-0.1, -0.05) is 20.8 Å². The molecule has 0 heterocycles. The van der Waals surface area contributed by atoms with E-state index in [1.54, 1.807) is 6.92 Å². The summed E-state index contributed by atoms with van der Waals surface area (Å²) in [7, 11) is 0. The molecule has 0 aliphatic heterocycles. The van der Waals surface area contributed by atoms with Gasteiger partial charge in [0, 0.05) is 0 Å². The second-order valence-electron chi connectivity index (χ2n) is 6.36. The Morgan fingerprint density at radius 3 is 2.25 bits per heavy atom. The lowest BCUT2D eigenvalue weighted by atomic mass is 9.69. The smallest absolute Gasteiger partial charge is 0.310 e. The summed E-state index contributed by atoms with van der Waals surface area (Å²) in [6.45, 7) is 5.93. The number of esters is 1. The fourth-order valence-corrected chi connectivity index (χ4v) is 4.05. The predicted octanol–water partition coefficient (Wildman–Crippen LogP) is 1.54. The lowest BCUT2D eigenvalue weighted by Crippen LogP contribution is -2.42. The van der Waals surface area contributed by atoms with Crippen molar-refractivity contribution < 1.29 is 24.5 Å². The number of aliphatic carboxylic acids is 1. The summed E-state index contributed by atoms with van der Waals surface area (Å²) >= 11 is 0.